The molecule has 90 valence electrons. The van der Waals surface area contributed by atoms with E-state index in [0.717, 1.165) is 22.7 Å². The van der Waals surface area contributed by atoms with Crippen LogP contribution >= 0.6 is 11.6 Å². The Balaban J connectivity index is 2.36. The minimum atomic E-state index is -0.136. The van der Waals surface area contributed by atoms with E-state index < -0.39 is 0 Å². The van der Waals surface area contributed by atoms with Gasteiger partial charge in [0, 0.05) is 0 Å². The van der Waals surface area contributed by atoms with Crippen LogP contribution in [0.5, 0.6) is 5.75 Å². The molecule has 1 atom stereocenters. The Hall–Kier alpha value is -1.55. The number of hydrogen-bond acceptors (Lipinski definition) is 3. The van der Waals surface area contributed by atoms with Crippen LogP contribution < -0.4 is 4.74 Å². The summed E-state index contributed by atoms with van der Waals surface area (Å²) >= 11 is 5.95. The standard InChI is InChI=1S/C12H14ClN3O/c1-8-6-10(4-5-12(8)17-3)16-7-11(9(2)13)14-15-16/h4-7,9H,1-3H3. The van der Waals surface area contributed by atoms with Gasteiger partial charge < -0.3 is 4.74 Å². The van der Waals surface area contributed by atoms with E-state index in [1.54, 1.807) is 11.8 Å². The van der Waals surface area contributed by atoms with Gasteiger partial charge in [0.1, 0.15) is 11.4 Å². The quantitative estimate of drug-likeness (QED) is 0.788. The van der Waals surface area contributed by atoms with Crippen molar-refractivity contribution in [3.8, 4) is 11.4 Å². The highest BCUT2D eigenvalue weighted by Crippen LogP contribution is 2.22. The lowest BCUT2D eigenvalue weighted by molar-refractivity contribution is 0.411. The Morgan fingerprint density at radius 3 is 2.71 bits per heavy atom. The van der Waals surface area contributed by atoms with Gasteiger partial charge in [-0.05, 0) is 37.6 Å². The maximum Gasteiger partial charge on any atom is 0.121 e. The molecule has 0 aliphatic rings. The van der Waals surface area contributed by atoms with Crippen molar-refractivity contribution in [3.05, 3.63) is 35.7 Å². The molecule has 0 saturated carbocycles. The summed E-state index contributed by atoms with van der Waals surface area (Å²) in [5.74, 6) is 0.861. The molecule has 1 aromatic carbocycles. The summed E-state index contributed by atoms with van der Waals surface area (Å²) in [6, 6.07) is 5.84. The Morgan fingerprint density at radius 1 is 1.41 bits per heavy atom. The molecule has 0 bridgehead atoms. The molecule has 0 amide bonds. The average Bonchev–Trinajstić information content (AvgIpc) is 2.78. The van der Waals surface area contributed by atoms with Crippen LogP contribution in [-0.2, 0) is 0 Å². The minimum absolute atomic E-state index is 0.136. The highest BCUT2D eigenvalue weighted by Gasteiger charge is 2.08. The number of halogens is 1. The van der Waals surface area contributed by atoms with Crippen LogP contribution in [0.15, 0.2) is 24.4 Å². The molecule has 1 heterocycles. The predicted octanol–water partition coefficient (Wildman–Crippen LogP) is 2.88. The molecule has 0 aliphatic heterocycles. The van der Waals surface area contributed by atoms with Gasteiger partial charge in [-0.3, -0.25) is 0 Å². The first-order valence-electron chi connectivity index (χ1n) is 5.33. The van der Waals surface area contributed by atoms with Crippen LogP contribution in [0.3, 0.4) is 0 Å². The molecule has 0 fully saturated rings. The fourth-order valence-corrected chi connectivity index (χ4v) is 1.69. The van der Waals surface area contributed by atoms with Crippen LogP contribution in [0.25, 0.3) is 5.69 Å². The number of rotatable bonds is 3. The van der Waals surface area contributed by atoms with Crippen molar-refractivity contribution in [1.82, 2.24) is 15.0 Å². The molecule has 1 aromatic heterocycles. The van der Waals surface area contributed by atoms with Gasteiger partial charge in [-0.15, -0.1) is 16.7 Å². The molecule has 0 N–H and O–H groups in total. The summed E-state index contributed by atoms with van der Waals surface area (Å²) in [5, 5.41) is 7.92. The van der Waals surface area contributed by atoms with Crippen LogP contribution in [0.2, 0.25) is 0 Å². The van der Waals surface area contributed by atoms with Gasteiger partial charge in [-0.25, -0.2) is 4.68 Å². The first-order valence-corrected chi connectivity index (χ1v) is 5.77. The number of methoxy groups -OCH3 is 1. The van der Waals surface area contributed by atoms with E-state index in [1.165, 1.54) is 0 Å². The molecular weight excluding hydrogens is 238 g/mol. The van der Waals surface area contributed by atoms with Gasteiger partial charge in [0.15, 0.2) is 0 Å². The Bertz CT molecular complexity index is 522. The topological polar surface area (TPSA) is 39.9 Å². The second-order valence-electron chi connectivity index (χ2n) is 3.86. The van der Waals surface area contributed by atoms with Crippen LogP contribution in [-0.4, -0.2) is 22.1 Å². The zero-order valence-electron chi connectivity index (χ0n) is 10.0. The van der Waals surface area contributed by atoms with E-state index in [1.807, 2.05) is 38.2 Å². The van der Waals surface area contributed by atoms with Gasteiger partial charge in [-0.1, -0.05) is 5.21 Å². The van der Waals surface area contributed by atoms with Crippen molar-refractivity contribution < 1.29 is 4.74 Å². The third-order valence-electron chi connectivity index (χ3n) is 2.56. The van der Waals surface area contributed by atoms with Crippen LogP contribution in [0.1, 0.15) is 23.6 Å². The minimum Gasteiger partial charge on any atom is -0.496 e. The smallest absolute Gasteiger partial charge is 0.121 e. The molecule has 5 heteroatoms. The number of benzene rings is 1. The lowest BCUT2D eigenvalue weighted by Gasteiger charge is -2.06. The second kappa shape index (κ2) is 4.75. The zero-order valence-corrected chi connectivity index (χ0v) is 10.8. The average molecular weight is 252 g/mol. The fraction of sp³-hybridized carbons (Fsp3) is 0.333. The second-order valence-corrected chi connectivity index (χ2v) is 4.51. The summed E-state index contributed by atoms with van der Waals surface area (Å²) in [7, 11) is 1.66. The highest BCUT2D eigenvalue weighted by atomic mass is 35.5. The Morgan fingerprint density at radius 2 is 2.18 bits per heavy atom. The first-order chi connectivity index (χ1) is 8.11. The van der Waals surface area contributed by atoms with Crippen molar-refractivity contribution >= 4 is 11.6 Å². The fourth-order valence-electron chi connectivity index (χ4n) is 1.59. The summed E-state index contributed by atoms with van der Waals surface area (Å²) < 4.78 is 6.92. The number of alkyl halides is 1. The Labute approximate surface area is 105 Å². The van der Waals surface area contributed by atoms with Gasteiger partial charge in [0.2, 0.25) is 0 Å². The van der Waals surface area contributed by atoms with Crippen molar-refractivity contribution in [2.75, 3.05) is 7.11 Å². The third-order valence-corrected chi connectivity index (χ3v) is 2.79. The third kappa shape index (κ3) is 2.42. The summed E-state index contributed by atoms with van der Waals surface area (Å²) in [6.45, 7) is 3.86. The molecule has 4 nitrogen and oxygen atoms in total. The summed E-state index contributed by atoms with van der Waals surface area (Å²) in [4.78, 5) is 0. The molecule has 2 rings (SSSR count). The lowest BCUT2D eigenvalue weighted by Crippen LogP contribution is -1.96. The largest absolute Gasteiger partial charge is 0.496 e. The maximum absolute atomic E-state index is 5.95. The van der Waals surface area contributed by atoms with Crippen LogP contribution in [0, 0.1) is 6.92 Å². The highest BCUT2D eigenvalue weighted by molar-refractivity contribution is 6.20. The Kier molecular flexibility index (Phi) is 3.33. The van der Waals surface area contributed by atoms with Crippen molar-refractivity contribution in [2.24, 2.45) is 0 Å². The van der Waals surface area contributed by atoms with Crippen molar-refractivity contribution in [3.63, 3.8) is 0 Å². The molecule has 1 unspecified atom stereocenters. The SMILES string of the molecule is COc1ccc(-n2cc(C(C)Cl)nn2)cc1C. The number of nitrogens with zero attached hydrogens (tertiary/aromatic N) is 3. The number of hydrogen-bond donors (Lipinski definition) is 0. The van der Waals surface area contributed by atoms with E-state index in [4.69, 9.17) is 16.3 Å². The van der Waals surface area contributed by atoms with Gasteiger partial charge in [0.05, 0.1) is 24.4 Å². The summed E-state index contributed by atoms with van der Waals surface area (Å²) in [6.07, 6.45) is 1.83. The van der Waals surface area contributed by atoms with E-state index in [9.17, 15) is 0 Å². The molecule has 17 heavy (non-hydrogen) atoms. The van der Waals surface area contributed by atoms with Crippen molar-refractivity contribution in [1.29, 1.82) is 0 Å². The first kappa shape index (κ1) is 11.9. The van der Waals surface area contributed by atoms with E-state index >= 15 is 0 Å². The molecular formula is C12H14ClN3O. The number of aromatic nitrogens is 3. The normalized spacial score (nSPS) is 12.5. The van der Waals surface area contributed by atoms with Gasteiger partial charge >= 0.3 is 0 Å². The predicted molar refractivity (Wildman–Crippen MR) is 66.9 cm³/mol. The molecule has 0 spiro atoms. The van der Waals surface area contributed by atoms with Crippen molar-refractivity contribution in [2.45, 2.75) is 19.2 Å². The molecule has 0 radical (unpaired) electrons. The zero-order chi connectivity index (χ0) is 12.4. The monoisotopic (exact) mass is 251 g/mol. The number of aryl methyl sites for hydroxylation is 1. The summed E-state index contributed by atoms with van der Waals surface area (Å²) in [5.41, 5.74) is 2.76. The molecule has 0 saturated heterocycles. The number of ether oxygens (including phenoxy) is 1. The van der Waals surface area contributed by atoms with E-state index in [-0.39, 0.29) is 5.38 Å². The molecule has 0 aliphatic carbocycles. The maximum atomic E-state index is 5.95. The molecule has 2 aromatic rings. The lowest BCUT2D eigenvalue weighted by atomic mass is 10.2. The van der Waals surface area contributed by atoms with Crippen LogP contribution in [0.4, 0.5) is 0 Å². The van der Waals surface area contributed by atoms with E-state index in [2.05, 4.69) is 10.3 Å². The van der Waals surface area contributed by atoms with E-state index in [0.29, 0.717) is 0 Å². The van der Waals surface area contributed by atoms with Gasteiger partial charge in [0.25, 0.3) is 0 Å². The van der Waals surface area contributed by atoms with Gasteiger partial charge in [-0.2, -0.15) is 0 Å².